The van der Waals surface area contributed by atoms with Crippen LogP contribution in [0.4, 0.5) is 0 Å². The van der Waals surface area contributed by atoms with Gasteiger partial charge in [-0.25, -0.2) is 0 Å². The predicted molar refractivity (Wildman–Crippen MR) is 60.9 cm³/mol. The minimum Gasteiger partial charge on any atom is -0.295 e. The summed E-state index contributed by atoms with van der Waals surface area (Å²) in [4.78, 5) is 34.1. The third-order valence-corrected chi connectivity index (χ3v) is 2.42. The van der Waals surface area contributed by atoms with Gasteiger partial charge in [-0.15, -0.1) is 0 Å². The quantitative estimate of drug-likeness (QED) is 0.731. The van der Waals surface area contributed by atoms with Gasteiger partial charge in [-0.3, -0.25) is 14.4 Å². The van der Waals surface area contributed by atoms with Gasteiger partial charge in [-0.1, -0.05) is 6.07 Å². The molecular weight excluding hydrogens is 204 g/mol. The first kappa shape index (κ1) is 12.3. The molecule has 16 heavy (non-hydrogen) atoms. The molecule has 0 bridgehead atoms. The molecule has 0 saturated carbocycles. The summed E-state index contributed by atoms with van der Waals surface area (Å²) in [6, 6.07) is 3.04. The molecule has 0 N–H and O–H groups in total. The first-order chi connectivity index (χ1) is 7.36. The van der Waals surface area contributed by atoms with Crippen molar-refractivity contribution in [1.29, 1.82) is 0 Å². The maximum absolute atomic E-state index is 11.5. The summed E-state index contributed by atoms with van der Waals surface area (Å²) in [6.07, 6.45) is 0. The Morgan fingerprint density at radius 3 is 1.69 bits per heavy atom. The zero-order valence-electron chi connectivity index (χ0n) is 9.59. The van der Waals surface area contributed by atoms with Crippen molar-refractivity contribution in [3.8, 4) is 0 Å². The smallest absolute Gasteiger partial charge is 0.160 e. The van der Waals surface area contributed by atoms with E-state index < -0.39 is 0 Å². The zero-order valence-corrected chi connectivity index (χ0v) is 9.59. The fourth-order valence-electron chi connectivity index (χ4n) is 1.67. The summed E-state index contributed by atoms with van der Waals surface area (Å²) < 4.78 is 0. The van der Waals surface area contributed by atoms with Crippen LogP contribution >= 0.6 is 0 Å². The van der Waals surface area contributed by atoms with Gasteiger partial charge in [-0.05, 0) is 39.3 Å². The van der Waals surface area contributed by atoms with Crippen LogP contribution in [0.15, 0.2) is 12.1 Å². The summed E-state index contributed by atoms with van der Waals surface area (Å²) in [5, 5.41) is 0. The van der Waals surface area contributed by atoms with Gasteiger partial charge in [0.25, 0.3) is 0 Å². The Kier molecular flexibility index (Phi) is 3.38. The molecule has 0 atom stereocenters. The molecule has 1 aromatic rings. The molecule has 0 unspecified atom stereocenters. The molecule has 3 heteroatoms. The van der Waals surface area contributed by atoms with E-state index in [1.165, 1.54) is 32.9 Å². The standard InChI is InChI=1S/C13H13O3/c1-7-11(8(2)14)5-6-12(9(3)15)13(7)10(4)16/h5-6H,1H2,2-4H3. The first-order valence-electron chi connectivity index (χ1n) is 4.88. The number of Topliss-reactive ketones (excluding diaryl/α,β-unsaturated/α-hetero) is 3. The number of hydrogen-bond donors (Lipinski definition) is 0. The van der Waals surface area contributed by atoms with Crippen LogP contribution in [-0.2, 0) is 0 Å². The maximum atomic E-state index is 11.5. The largest absolute Gasteiger partial charge is 0.295 e. The molecule has 0 amide bonds. The lowest BCUT2D eigenvalue weighted by Gasteiger charge is -2.10. The van der Waals surface area contributed by atoms with E-state index in [2.05, 4.69) is 6.92 Å². The highest BCUT2D eigenvalue weighted by Gasteiger charge is 2.17. The van der Waals surface area contributed by atoms with Gasteiger partial charge in [0.05, 0.1) is 0 Å². The van der Waals surface area contributed by atoms with Gasteiger partial charge in [0, 0.05) is 16.7 Å². The lowest BCUT2D eigenvalue weighted by molar-refractivity contribution is 0.0978. The van der Waals surface area contributed by atoms with Crippen molar-refractivity contribution in [1.82, 2.24) is 0 Å². The second-order valence-corrected chi connectivity index (χ2v) is 3.68. The normalized spacial score (nSPS) is 10.0. The van der Waals surface area contributed by atoms with E-state index in [1.54, 1.807) is 0 Å². The van der Waals surface area contributed by atoms with E-state index in [1.807, 2.05) is 0 Å². The molecule has 0 aliphatic carbocycles. The van der Waals surface area contributed by atoms with E-state index in [4.69, 9.17) is 0 Å². The monoisotopic (exact) mass is 217 g/mol. The third-order valence-electron chi connectivity index (χ3n) is 2.42. The van der Waals surface area contributed by atoms with E-state index in [-0.39, 0.29) is 22.9 Å². The van der Waals surface area contributed by atoms with E-state index in [0.717, 1.165) is 0 Å². The van der Waals surface area contributed by atoms with Gasteiger partial charge >= 0.3 is 0 Å². The van der Waals surface area contributed by atoms with Crippen molar-refractivity contribution in [3.63, 3.8) is 0 Å². The summed E-state index contributed by atoms with van der Waals surface area (Å²) in [6.45, 7) is 7.86. The molecule has 0 aliphatic rings. The van der Waals surface area contributed by atoms with Crippen LogP contribution in [0.25, 0.3) is 0 Å². The van der Waals surface area contributed by atoms with Gasteiger partial charge in [0.2, 0.25) is 0 Å². The summed E-state index contributed by atoms with van der Waals surface area (Å²) in [7, 11) is 0. The van der Waals surface area contributed by atoms with Crippen LogP contribution in [0.2, 0.25) is 0 Å². The minimum absolute atomic E-state index is 0.164. The van der Waals surface area contributed by atoms with Crippen molar-refractivity contribution in [2.24, 2.45) is 0 Å². The fraction of sp³-hybridized carbons (Fsp3) is 0.231. The topological polar surface area (TPSA) is 51.2 Å². The highest BCUT2D eigenvalue weighted by Crippen LogP contribution is 2.20. The second-order valence-electron chi connectivity index (χ2n) is 3.68. The number of ketones is 3. The van der Waals surface area contributed by atoms with Crippen molar-refractivity contribution >= 4 is 17.3 Å². The average molecular weight is 217 g/mol. The SMILES string of the molecule is [CH2]c1c(C(C)=O)ccc(C(C)=O)c1C(C)=O. The molecule has 0 aromatic heterocycles. The lowest BCUT2D eigenvalue weighted by atomic mass is 9.91. The Labute approximate surface area is 94.5 Å². The van der Waals surface area contributed by atoms with Gasteiger partial charge in [0.1, 0.15) is 0 Å². The molecule has 3 nitrogen and oxygen atoms in total. The molecule has 0 aliphatic heterocycles. The van der Waals surface area contributed by atoms with Gasteiger partial charge < -0.3 is 0 Å². The Balaban J connectivity index is 3.60. The van der Waals surface area contributed by atoms with Crippen LogP contribution in [0.3, 0.4) is 0 Å². The van der Waals surface area contributed by atoms with Crippen molar-refractivity contribution in [2.75, 3.05) is 0 Å². The van der Waals surface area contributed by atoms with Crippen molar-refractivity contribution in [2.45, 2.75) is 20.8 Å². The van der Waals surface area contributed by atoms with Crippen LogP contribution in [0.5, 0.6) is 0 Å². The van der Waals surface area contributed by atoms with Gasteiger partial charge in [-0.2, -0.15) is 0 Å². The first-order valence-corrected chi connectivity index (χ1v) is 4.88. The highest BCUT2D eigenvalue weighted by molar-refractivity contribution is 6.10. The number of benzene rings is 1. The molecule has 1 radical (unpaired) electrons. The molecule has 0 saturated heterocycles. The van der Waals surface area contributed by atoms with Crippen LogP contribution < -0.4 is 0 Å². The third kappa shape index (κ3) is 2.08. The van der Waals surface area contributed by atoms with Crippen LogP contribution in [-0.4, -0.2) is 17.3 Å². The average Bonchev–Trinajstić information content (AvgIpc) is 2.15. The van der Waals surface area contributed by atoms with E-state index in [9.17, 15) is 14.4 Å². The second kappa shape index (κ2) is 4.39. The number of carbonyl (C=O) groups is 3. The summed E-state index contributed by atoms with van der Waals surface area (Å²) in [5.41, 5.74) is 1.30. The molecule has 1 aromatic carbocycles. The lowest BCUT2D eigenvalue weighted by Crippen LogP contribution is -2.10. The Hall–Kier alpha value is -1.77. The molecule has 0 fully saturated rings. The van der Waals surface area contributed by atoms with E-state index in [0.29, 0.717) is 16.7 Å². The highest BCUT2D eigenvalue weighted by atomic mass is 16.1. The van der Waals surface area contributed by atoms with Crippen molar-refractivity contribution in [3.05, 3.63) is 41.3 Å². The molecule has 1 rings (SSSR count). The fourth-order valence-corrected chi connectivity index (χ4v) is 1.67. The Bertz CT molecular complexity index is 484. The molecule has 83 valence electrons. The van der Waals surface area contributed by atoms with Crippen LogP contribution in [0, 0.1) is 6.92 Å². The van der Waals surface area contributed by atoms with E-state index >= 15 is 0 Å². The molecule has 0 heterocycles. The van der Waals surface area contributed by atoms with Gasteiger partial charge in [0.15, 0.2) is 17.3 Å². The number of hydrogen-bond acceptors (Lipinski definition) is 3. The number of carbonyl (C=O) groups excluding carboxylic acids is 3. The van der Waals surface area contributed by atoms with Crippen LogP contribution in [0.1, 0.15) is 57.4 Å². The Morgan fingerprint density at radius 1 is 0.875 bits per heavy atom. The number of rotatable bonds is 3. The summed E-state index contributed by atoms with van der Waals surface area (Å²) >= 11 is 0. The maximum Gasteiger partial charge on any atom is 0.160 e. The Morgan fingerprint density at radius 2 is 1.31 bits per heavy atom. The zero-order chi connectivity index (χ0) is 12.5. The summed E-state index contributed by atoms with van der Waals surface area (Å²) in [5.74, 6) is -0.619. The molecular formula is C13H13O3. The molecule has 0 spiro atoms. The minimum atomic E-state index is -0.252. The van der Waals surface area contributed by atoms with Crippen molar-refractivity contribution < 1.29 is 14.4 Å². The predicted octanol–water partition coefficient (Wildman–Crippen LogP) is 2.48.